The molecule has 0 bridgehead atoms. The van der Waals surface area contributed by atoms with Crippen LogP contribution in [0.2, 0.25) is 0 Å². The third-order valence-corrected chi connectivity index (χ3v) is 2.88. The summed E-state index contributed by atoms with van der Waals surface area (Å²) in [5.41, 5.74) is 0. The van der Waals surface area contributed by atoms with Crippen LogP contribution in [0.5, 0.6) is 0 Å². The van der Waals surface area contributed by atoms with Crippen LogP contribution in [0, 0.1) is 5.92 Å². The molecule has 0 saturated carbocycles. The zero-order valence-corrected chi connectivity index (χ0v) is 9.50. The second kappa shape index (κ2) is 6.38. The third kappa shape index (κ3) is 4.40. The van der Waals surface area contributed by atoms with Gasteiger partial charge in [0.1, 0.15) is 0 Å². The molecule has 1 heterocycles. The second-order valence-corrected chi connectivity index (χ2v) is 4.66. The maximum absolute atomic E-state index is 8.95. The molecule has 3 heteroatoms. The summed E-state index contributed by atoms with van der Waals surface area (Å²) in [5, 5.41) is 12.5. The van der Waals surface area contributed by atoms with Crippen molar-refractivity contribution < 1.29 is 5.11 Å². The summed E-state index contributed by atoms with van der Waals surface area (Å²) in [5.74, 6) is 0.392. The molecule has 84 valence electrons. The van der Waals surface area contributed by atoms with Crippen molar-refractivity contribution in [3.63, 3.8) is 0 Å². The van der Waals surface area contributed by atoms with Crippen molar-refractivity contribution in [2.45, 2.75) is 32.2 Å². The van der Waals surface area contributed by atoms with Crippen LogP contribution in [0.15, 0.2) is 0 Å². The van der Waals surface area contributed by atoms with Gasteiger partial charge in [-0.2, -0.15) is 0 Å². The standard InChI is InChI=1S/C11H24N2O/c1-10(9-14)7-13(2)8-11-5-3-4-6-12-11/h10-12,14H,3-9H2,1-2H3. The summed E-state index contributed by atoms with van der Waals surface area (Å²) in [6.45, 7) is 5.67. The first-order valence-corrected chi connectivity index (χ1v) is 5.75. The molecule has 0 amide bonds. The van der Waals surface area contributed by atoms with Crippen molar-refractivity contribution in [3.05, 3.63) is 0 Å². The lowest BCUT2D eigenvalue weighted by Gasteiger charge is -2.29. The molecule has 1 aliphatic rings. The molecule has 14 heavy (non-hydrogen) atoms. The zero-order chi connectivity index (χ0) is 10.4. The van der Waals surface area contributed by atoms with Gasteiger partial charge >= 0.3 is 0 Å². The van der Waals surface area contributed by atoms with E-state index in [1.165, 1.54) is 25.8 Å². The minimum atomic E-state index is 0.294. The number of piperidine rings is 1. The molecule has 2 N–H and O–H groups in total. The van der Waals surface area contributed by atoms with Gasteiger partial charge in [-0.15, -0.1) is 0 Å². The number of aliphatic hydroxyl groups is 1. The van der Waals surface area contributed by atoms with Crippen LogP contribution in [0.25, 0.3) is 0 Å². The van der Waals surface area contributed by atoms with Crippen LogP contribution in [0.4, 0.5) is 0 Å². The third-order valence-electron chi connectivity index (χ3n) is 2.88. The highest BCUT2D eigenvalue weighted by Crippen LogP contribution is 2.08. The summed E-state index contributed by atoms with van der Waals surface area (Å²) in [7, 11) is 2.14. The number of nitrogens with one attached hydrogen (secondary N) is 1. The fourth-order valence-corrected chi connectivity index (χ4v) is 2.12. The molecule has 1 saturated heterocycles. The fraction of sp³-hybridized carbons (Fsp3) is 1.00. The van der Waals surface area contributed by atoms with Crippen molar-refractivity contribution in [2.24, 2.45) is 5.92 Å². The minimum Gasteiger partial charge on any atom is -0.396 e. The van der Waals surface area contributed by atoms with Gasteiger partial charge in [-0.05, 0) is 32.4 Å². The Bertz CT molecular complexity index is 146. The summed E-state index contributed by atoms with van der Waals surface area (Å²) >= 11 is 0. The molecular formula is C11H24N2O. The van der Waals surface area contributed by atoms with E-state index in [0.29, 0.717) is 18.6 Å². The van der Waals surface area contributed by atoms with Crippen LogP contribution >= 0.6 is 0 Å². The van der Waals surface area contributed by atoms with Gasteiger partial charge in [0.2, 0.25) is 0 Å². The van der Waals surface area contributed by atoms with E-state index in [9.17, 15) is 0 Å². The summed E-state index contributed by atoms with van der Waals surface area (Å²) in [6, 6.07) is 0.666. The number of rotatable bonds is 5. The zero-order valence-electron chi connectivity index (χ0n) is 9.50. The van der Waals surface area contributed by atoms with E-state index in [1.807, 2.05) is 0 Å². The maximum atomic E-state index is 8.95. The SMILES string of the molecule is CC(CO)CN(C)CC1CCCCN1. The fourth-order valence-electron chi connectivity index (χ4n) is 2.12. The molecule has 2 atom stereocenters. The summed E-state index contributed by atoms with van der Waals surface area (Å²) in [6.07, 6.45) is 3.99. The second-order valence-electron chi connectivity index (χ2n) is 4.66. The lowest BCUT2D eigenvalue weighted by atomic mass is 10.0. The summed E-state index contributed by atoms with van der Waals surface area (Å²) in [4.78, 5) is 2.32. The highest BCUT2D eigenvalue weighted by Gasteiger charge is 2.15. The average Bonchev–Trinajstić information content (AvgIpc) is 2.19. The highest BCUT2D eigenvalue weighted by molar-refractivity contribution is 4.75. The molecule has 1 fully saturated rings. The van der Waals surface area contributed by atoms with E-state index in [-0.39, 0.29) is 0 Å². The predicted octanol–water partition coefficient (Wildman–Crippen LogP) is 0.689. The molecule has 1 aliphatic heterocycles. The smallest absolute Gasteiger partial charge is 0.0468 e. The molecule has 0 aromatic heterocycles. The topological polar surface area (TPSA) is 35.5 Å². The lowest BCUT2D eigenvalue weighted by molar-refractivity contribution is 0.177. The number of likely N-dealkylation sites (N-methyl/N-ethyl adjacent to an activating group) is 1. The Morgan fingerprint density at radius 2 is 2.29 bits per heavy atom. The normalized spacial score (nSPS) is 25.3. The van der Waals surface area contributed by atoms with E-state index in [1.54, 1.807) is 0 Å². The van der Waals surface area contributed by atoms with Gasteiger partial charge in [-0.25, -0.2) is 0 Å². The molecule has 2 unspecified atom stereocenters. The van der Waals surface area contributed by atoms with Crippen LogP contribution in [0.3, 0.4) is 0 Å². The van der Waals surface area contributed by atoms with E-state index >= 15 is 0 Å². The number of hydrogen-bond acceptors (Lipinski definition) is 3. The predicted molar refractivity (Wildman–Crippen MR) is 59.4 cm³/mol. The van der Waals surface area contributed by atoms with Crippen LogP contribution in [-0.4, -0.2) is 49.3 Å². The van der Waals surface area contributed by atoms with Gasteiger partial charge in [-0.1, -0.05) is 13.3 Å². The Morgan fingerprint density at radius 3 is 2.86 bits per heavy atom. The van der Waals surface area contributed by atoms with Crippen molar-refractivity contribution in [1.82, 2.24) is 10.2 Å². The minimum absolute atomic E-state index is 0.294. The van der Waals surface area contributed by atoms with Crippen molar-refractivity contribution in [3.8, 4) is 0 Å². The van der Waals surface area contributed by atoms with E-state index in [2.05, 4.69) is 24.2 Å². The maximum Gasteiger partial charge on any atom is 0.0468 e. The summed E-state index contributed by atoms with van der Waals surface area (Å²) < 4.78 is 0. The van der Waals surface area contributed by atoms with Crippen molar-refractivity contribution in [2.75, 3.05) is 33.3 Å². The van der Waals surface area contributed by atoms with Gasteiger partial charge in [-0.3, -0.25) is 0 Å². The Hall–Kier alpha value is -0.120. The van der Waals surface area contributed by atoms with Gasteiger partial charge in [0.25, 0.3) is 0 Å². The van der Waals surface area contributed by atoms with Crippen LogP contribution in [0.1, 0.15) is 26.2 Å². The molecule has 0 aromatic rings. The molecule has 0 aliphatic carbocycles. The van der Waals surface area contributed by atoms with E-state index < -0.39 is 0 Å². The first-order chi connectivity index (χ1) is 6.72. The van der Waals surface area contributed by atoms with Gasteiger partial charge < -0.3 is 15.3 Å². The Labute approximate surface area is 87.5 Å². The highest BCUT2D eigenvalue weighted by atomic mass is 16.3. The number of nitrogens with zero attached hydrogens (tertiary/aromatic N) is 1. The monoisotopic (exact) mass is 200 g/mol. The first kappa shape index (κ1) is 12.0. The van der Waals surface area contributed by atoms with E-state index in [0.717, 1.165) is 13.1 Å². The number of aliphatic hydroxyl groups excluding tert-OH is 1. The Morgan fingerprint density at radius 1 is 1.50 bits per heavy atom. The van der Waals surface area contributed by atoms with Crippen LogP contribution < -0.4 is 5.32 Å². The Balaban J connectivity index is 2.14. The Kier molecular flexibility index (Phi) is 5.45. The quantitative estimate of drug-likeness (QED) is 0.685. The van der Waals surface area contributed by atoms with Gasteiger partial charge in [0, 0.05) is 25.7 Å². The number of hydrogen-bond donors (Lipinski definition) is 2. The molecular weight excluding hydrogens is 176 g/mol. The van der Waals surface area contributed by atoms with Crippen molar-refractivity contribution in [1.29, 1.82) is 0 Å². The molecule has 0 aromatic carbocycles. The molecule has 0 spiro atoms. The molecule has 3 nitrogen and oxygen atoms in total. The molecule has 1 rings (SSSR count). The van der Waals surface area contributed by atoms with Gasteiger partial charge in [0.15, 0.2) is 0 Å². The van der Waals surface area contributed by atoms with Crippen LogP contribution in [-0.2, 0) is 0 Å². The lowest BCUT2D eigenvalue weighted by Crippen LogP contribution is -2.43. The van der Waals surface area contributed by atoms with E-state index in [4.69, 9.17) is 5.11 Å². The van der Waals surface area contributed by atoms with Gasteiger partial charge in [0.05, 0.1) is 0 Å². The molecule has 0 radical (unpaired) electrons. The van der Waals surface area contributed by atoms with Crippen molar-refractivity contribution >= 4 is 0 Å². The largest absolute Gasteiger partial charge is 0.396 e. The average molecular weight is 200 g/mol. The first-order valence-electron chi connectivity index (χ1n) is 5.75.